The number of terminal acetylenes is 1. The zero-order chi connectivity index (χ0) is 43.6. The van der Waals surface area contributed by atoms with E-state index in [1.54, 1.807) is 88.7 Å². The number of nitrogens with zero attached hydrogens (tertiary/aromatic N) is 10. The molecule has 8 rings (SSSR count). The second-order valence-corrected chi connectivity index (χ2v) is 13.9. The summed E-state index contributed by atoms with van der Waals surface area (Å²) in [5.41, 5.74) is 0.837. The maximum Gasteiger partial charge on any atom is 0.359 e. The van der Waals surface area contributed by atoms with E-state index in [1.165, 1.54) is 40.5 Å². The van der Waals surface area contributed by atoms with Gasteiger partial charge < -0.3 is 19.7 Å². The fourth-order valence-electron chi connectivity index (χ4n) is 5.50. The van der Waals surface area contributed by atoms with Crippen LogP contribution < -0.4 is 0 Å². The first-order valence-corrected chi connectivity index (χ1v) is 18.9. The number of rotatable bonds is 6. The number of aliphatic hydroxyl groups is 2. The lowest BCUT2D eigenvalue weighted by atomic mass is 10.1. The summed E-state index contributed by atoms with van der Waals surface area (Å²) in [6.07, 6.45) is 14.5. The summed E-state index contributed by atoms with van der Waals surface area (Å²) in [7, 11) is 2.64. The number of hydrogen-bond donors (Lipinski definition) is 2. The van der Waals surface area contributed by atoms with E-state index in [-0.39, 0.29) is 23.0 Å². The number of hydrogen-bond acceptors (Lipinski definition) is 14. The number of benzene rings is 2. The second-order valence-electron chi connectivity index (χ2n) is 13.0. The van der Waals surface area contributed by atoms with Crippen molar-refractivity contribution in [2.45, 2.75) is 25.0 Å². The molecule has 2 N–H and O–H groups in total. The van der Waals surface area contributed by atoms with Crippen LogP contribution in [0.25, 0.3) is 33.4 Å². The molecule has 0 aliphatic heterocycles. The number of ether oxygens (including phenoxy) is 2. The van der Waals surface area contributed by atoms with Gasteiger partial charge >= 0.3 is 11.9 Å². The van der Waals surface area contributed by atoms with Gasteiger partial charge in [-0.3, -0.25) is 0 Å². The Bertz CT molecular complexity index is 2940. The van der Waals surface area contributed by atoms with Crippen LogP contribution in [0.1, 0.15) is 52.0 Å². The van der Waals surface area contributed by atoms with Crippen molar-refractivity contribution in [3.05, 3.63) is 155 Å². The number of aromatic nitrogens is 10. The molecule has 0 fully saturated rings. The maximum atomic E-state index is 12.1. The van der Waals surface area contributed by atoms with Gasteiger partial charge in [-0.15, -0.1) is 6.42 Å². The molecule has 0 radical (unpaired) electrons. The van der Waals surface area contributed by atoms with E-state index in [1.807, 2.05) is 30.3 Å². The standard InChI is InChI=1S/C22H17N5O3.C14H10BrN3O2.C8H8N2O/c1-22(29,21-24-12-5-13-25-21)10-9-15-6-3-7-16(14-15)27-19-17(8-4-11-23-19)18(26-27)20(28)30-2;1-20-14(19)12-11-6-3-7-16-13(11)18(17-12)10-5-2-4-9(15)8-10;1-3-8(2,11)7-9-5-4-6-10-7/h3-8,11-14,29H,1-2H3;2-8H,1H3;1,4-6,11H,2H3/t22-;;8-/m1.1/s1. The van der Waals surface area contributed by atoms with Gasteiger partial charge in [0.15, 0.2) is 45.5 Å². The van der Waals surface area contributed by atoms with Crippen LogP contribution in [-0.2, 0) is 20.7 Å². The highest BCUT2D eigenvalue weighted by Gasteiger charge is 2.24. The number of fused-ring (bicyclic) bond motifs is 2. The average molecular weight is 880 g/mol. The molecule has 0 saturated heterocycles. The topological polar surface area (TPSA) is 206 Å². The smallest absolute Gasteiger partial charge is 0.359 e. The van der Waals surface area contributed by atoms with Gasteiger partial charge in [-0.25, -0.2) is 48.9 Å². The molecule has 0 aliphatic rings. The van der Waals surface area contributed by atoms with Gasteiger partial charge in [0.25, 0.3) is 0 Å². The zero-order valence-electron chi connectivity index (χ0n) is 33.0. The fraction of sp³-hybridized carbons (Fsp3) is 0.136. The van der Waals surface area contributed by atoms with E-state index in [0.29, 0.717) is 33.3 Å². The Hall–Kier alpha value is -7.70. The van der Waals surface area contributed by atoms with Crippen molar-refractivity contribution in [1.29, 1.82) is 0 Å². The second kappa shape index (κ2) is 18.9. The minimum Gasteiger partial charge on any atom is -0.464 e. The molecule has 61 heavy (non-hydrogen) atoms. The van der Waals surface area contributed by atoms with Crippen molar-refractivity contribution in [2.24, 2.45) is 0 Å². The summed E-state index contributed by atoms with van der Waals surface area (Å²) < 4.78 is 13.7. The molecule has 2 aromatic carbocycles. The lowest BCUT2D eigenvalue weighted by Crippen LogP contribution is -2.21. The number of carbonyl (C=O) groups excluding carboxylic acids is 2. The minimum absolute atomic E-state index is 0.182. The normalized spacial score (nSPS) is 12.4. The molecule has 304 valence electrons. The van der Waals surface area contributed by atoms with Crippen molar-refractivity contribution >= 4 is 49.9 Å². The molecular weight excluding hydrogens is 844 g/mol. The first kappa shape index (κ1) is 42.9. The Labute approximate surface area is 357 Å². The van der Waals surface area contributed by atoms with Crippen molar-refractivity contribution in [3.63, 3.8) is 0 Å². The quantitative estimate of drug-likeness (QED) is 0.155. The van der Waals surface area contributed by atoms with Crippen LogP contribution in [0.2, 0.25) is 0 Å². The van der Waals surface area contributed by atoms with Crippen molar-refractivity contribution in [1.82, 2.24) is 49.5 Å². The van der Waals surface area contributed by atoms with Gasteiger partial charge in [-0.05, 0) is 86.6 Å². The Morgan fingerprint density at radius 3 is 1.57 bits per heavy atom. The van der Waals surface area contributed by atoms with Crippen LogP contribution in [0.15, 0.2) is 127 Å². The maximum absolute atomic E-state index is 12.1. The third-order valence-corrected chi connectivity index (χ3v) is 9.01. The molecule has 0 spiro atoms. The third kappa shape index (κ3) is 9.95. The number of pyridine rings is 2. The highest BCUT2D eigenvalue weighted by molar-refractivity contribution is 9.10. The number of halogens is 1. The monoisotopic (exact) mass is 878 g/mol. The third-order valence-electron chi connectivity index (χ3n) is 8.52. The Kier molecular flexibility index (Phi) is 13.3. The lowest BCUT2D eigenvalue weighted by Gasteiger charge is -2.13. The molecule has 8 aromatic rings. The highest BCUT2D eigenvalue weighted by Crippen LogP contribution is 2.24. The van der Waals surface area contributed by atoms with Crippen LogP contribution in [-0.4, -0.2) is 85.8 Å². The summed E-state index contributed by atoms with van der Waals surface area (Å²) in [4.78, 5) is 48.3. The molecule has 0 amide bonds. The summed E-state index contributed by atoms with van der Waals surface area (Å²) >= 11 is 3.42. The molecule has 0 aliphatic carbocycles. The number of esters is 2. The molecule has 6 aromatic heterocycles. The van der Waals surface area contributed by atoms with E-state index >= 15 is 0 Å². The molecule has 0 bridgehead atoms. The Balaban J connectivity index is 0.000000172. The van der Waals surface area contributed by atoms with Crippen molar-refractivity contribution in [3.8, 4) is 35.6 Å². The van der Waals surface area contributed by atoms with Crippen LogP contribution in [0.5, 0.6) is 0 Å². The summed E-state index contributed by atoms with van der Waals surface area (Å²) in [6, 6.07) is 25.2. The highest BCUT2D eigenvalue weighted by atomic mass is 79.9. The van der Waals surface area contributed by atoms with Crippen LogP contribution >= 0.6 is 15.9 Å². The van der Waals surface area contributed by atoms with Gasteiger partial charge in [0.05, 0.1) is 36.4 Å². The largest absolute Gasteiger partial charge is 0.464 e. The number of carbonyl (C=O) groups is 2. The van der Waals surface area contributed by atoms with Crippen LogP contribution in [0, 0.1) is 24.2 Å². The van der Waals surface area contributed by atoms with E-state index in [4.69, 9.17) is 15.9 Å². The van der Waals surface area contributed by atoms with E-state index < -0.39 is 23.1 Å². The summed E-state index contributed by atoms with van der Waals surface area (Å²) in [5.74, 6) is 7.40. The van der Waals surface area contributed by atoms with Gasteiger partial charge in [0.2, 0.25) is 0 Å². The van der Waals surface area contributed by atoms with Crippen molar-refractivity contribution < 1.29 is 29.3 Å². The summed E-state index contributed by atoms with van der Waals surface area (Å²) in [6.45, 7) is 3.01. The van der Waals surface area contributed by atoms with Gasteiger partial charge in [0, 0.05) is 47.2 Å². The predicted octanol–water partition coefficient (Wildman–Crippen LogP) is 5.54. The predicted molar refractivity (Wildman–Crippen MR) is 227 cm³/mol. The van der Waals surface area contributed by atoms with Crippen LogP contribution in [0.4, 0.5) is 0 Å². The van der Waals surface area contributed by atoms with E-state index in [0.717, 1.165) is 10.2 Å². The SMILES string of the molecule is C#C[C@@](C)(O)c1ncccn1.COC(=O)c1nn(-c2cccc(Br)c2)c2ncccc12.COC(=O)c1nn(-c2cccc(C#C[C@@](C)(O)c3ncccn3)c2)c2ncccc12. The molecule has 16 nitrogen and oxygen atoms in total. The first-order valence-electron chi connectivity index (χ1n) is 18.1. The van der Waals surface area contributed by atoms with Gasteiger partial charge in [0.1, 0.15) is 0 Å². The average Bonchev–Trinajstić information content (AvgIpc) is 3.89. The molecule has 6 heterocycles. The van der Waals surface area contributed by atoms with Gasteiger partial charge in [-0.1, -0.05) is 45.8 Å². The molecule has 17 heteroatoms. The Morgan fingerprint density at radius 1 is 0.639 bits per heavy atom. The molecule has 0 saturated carbocycles. The van der Waals surface area contributed by atoms with Gasteiger partial charge in [-0.2, -0.15) is 10.2 Å². The minimum atomic E-state index is -1.50. The first-order chi connectivity index (χ1) is 29.4. The molecule has 2 atom stereocenters. The summed E-state index contributed by atoms with van der Waals surface area (Å²) in [5, 5.41) is 30.0. The molecular formula is C44H35BrN10O6. The van der Waals surface area contributed by atoms with E-state index in [9.17, 15) is 19.8 Å². The Morgan fingerprint density at radius 2 is 1.10 bits per heavy atom. The van der Waals surface area contributed by atoms with Crippen LogP contribution in [0.3, 0.4) is 0 Å². The number of methoxy groups -OCH3 is 2. The fourth-order valence-corrected chi connectivity index (χ4v) is 5.88. The lowest BCUT2D eigenvalue weighted by molar-refractivity contribution is 0.0587. The molecule has 0 unspecified atom stereocenters. The van der Waals surface area contributed by atoms with Crippen molar-refractivity contribution in [2.75, 3.05) is 14.2 Å². The zero-order valence-corrected chi connectivity index (χ0v) is 34.6. The van der Waals surface area contributed by atoms with E-state index in [2.05, 4.69) is 73.8 Å².